The number of carbonyl (C=O) groups is 3. The average Bonchev–Trinajstić information content (AvgIpc) is 3.81. The van der Waals surface area contributed by atoms with E-state index >= 15 is 0 Å². The predicted molar refractivity (Wildman–Crippen MR) is 218 cm³/mol. The monoisotopic (exact) mass is 718 g/mol. The molecule has 3 heterocycles. The number of nitrogens with zero attached hydrogens (tertiary/aromatic N) is 4. The van der Waals surface area contributed by atoms with Crippen molar-refractivity contribution in [2.24, 2.45) is 0 Å². The van der Waals surface area contributed by atoms with Crippen LogP contribution in [-0.2, 0) is 14.3 Å². The number of allylic oxidation sites excluding steroid dienone is 5. The van der Waals surface area contributed by atoms with Crippen LogP contribution >= 0.6 is 0 Å². The van der Waals surface area contributed by atoms with Crippen LogP contribution in [0.3, 0.4) is 0 Å². The third-order valence-corrected chi connectivity index (χ3v) is 11.1. The first-order valence-corrected chi connectivity index (χ1v) is 18.9. The van der Waals surface area contributed by atoms with Gasteiger partial charge >= 0.3 is 6.03 Å². The van der Waals surface area contributed by atoms with Crippen LogP contribution in [-0.4, -0.2) is 63.6 Å². The van der Waals surface area contributed by atoms with Crippen LogP contribution in [0.4, 0.5) is 4.79 Å². The molecule has 2 fully saturated rings. The summed E-state index contributed by atoms with van der Waals surface area (Å²) in [5, 5.41) is 9.26. The molecule has 1 atom stereocenters. The number of aromatic nitrogens is 2. The van der Waals surface area contributed by atoms with Crippen molar-refractivity contribution in [3.63, 3.8) is 0 Å². The number of likely N-dealkylation sites (N-methyl/N-ethyl adjacent to an activating group) is 1. The summed E-state index contributed by atoms with van der Waals surface area (Å²) in [5.41, 5.74) is 4.72. The fourth-order valence-electron chi connectivity index (χ4n) is 8.82. The number of imide groups is 2. The molecule has 0 radical (unpaired) electrons. The van der Waals surface area contributed by atoms with Gasteiger partial charge in [0.05, 0.1) is 12.6 Å². The summed E-state index contributed by atoms with van der Waals surface area (Å²) in [5.74, 6) is -1.19. The minimum absolute atomic E-state index is 0.0157. The zero-order chi connectivity index (χ0) is 38.0. The van der Waals surface area contributed by atoms with Gasteiger partial charge in [-0.15, -0.1) is 0 Å². The number of methoxy groups -OCH3 is 1. The molecule has 8 rings (SSSR count). The Bertz CT molecular complexity index is 2570. The quantitative estimate of drug-likeness (QED) is 0.123. The van der Waals surface area contributed by atoms with E-state index in [2.05, 4.69) is 134 Å². The van der Waals surface area contributed by atoms with Gasteiger partial charge in [-0.25, -0.2) is 4.79 Å². The number of urea groups is 1. The maximum Gasteiger partial charge on any atom is 0.334 e. The molecule has 1 saturated carbocycles. The molecule has 54 heavy (non-hydrogen) atoms. The molecule has 274 valence electrons. The van der Waals surface area contributed by atoms with Crippen LogP contribution in [0.2, 0.25) is 0 Å². The summed E-state index contributed by atoms with van der Waals surface area (Å²) in [4.78, 5) is 44.3. The van der Waals surface area contributed by atoms with E-state index in [1.807, 2.05) is 0 Å². The Balaban J connectivity index is 1.39. The summed E-state index contributed by atoms with van der Waals surface area (Å²) >= 11 is 0. The molecular formula is C46H46N4O4. The Morgan fingerprint density at radius 1 is 0.630 bits per heavy atom. The zero-order valence-electron chi connectivity index (χ0n) is 32.0. The molecule has 2 aliphatic rings. The molecule has 4 amide bonds. The number of ether oxygens (including phenoxy) is 1. The van der Waals surface area contributed by atoms with Crippen LogP contribution < -0.4 is 10.7 Å². The lowest BCUT2D eigenvalue weighted by Gasteiger charge is -2.36. The van der Waals surface area contributed by atoms with Gasteiger partial charge in [0.1, 0.15) is 5.57 Å². The van der Waals surface area contributed by atoms with Crippen LogP contribution in [0, 0.1) is 0 Å². The number of hydrogen-bond acceptors (Lipinski definition) is 4. The van der Waals surface area contributed by atoms with Gasteiger partial charge in [0.2, 0.25) is 0 Å². The van der Waals surface area contributed by atoms with Crippen molar-refractivity contribution in [3.05, 3.63) is 118 Å². The van der Waals surface area contributed by atoms with Crippen molar-refractivity contribution in [1.82, 2.24) is 18.9 Å². The molecule has 0 N–H and O–H groups in total. The number of benzene rings is 4. The Morgan fingerprint density at radius 3 is 1.54 bits per heavy atom. The summed E-state index contributed by atoms with van der Waals surface area (Å²) < 4.78 is 10.1. The molecule has 6 aromatic rings. The van der Waals surface area contributed by atoms with Gasteiger partial charge in [-0.3, -0.25) is 19.4 Å². The molecule has 8 heteroatoms. The number of barbiturate groups is 1. The SMILES string of the molecule is COCC(C)N1C(=O)C(=C2/C(=C/C=c3\c4cccc5cccc(c54)n3C(C)C)CC/C2=C\C=c2/c3cccc4cccc(c43)n2C(C)C)C(=O)N(C)C1=O. The predicted octanol–water partition coefficient (Wildman–Crippen LogP) is 8.16. The molecule has 4 aromatic carbocycles. The highest BCUT2D eigenvalue weighted by Gasteiger charge is 2.45. The first-order chi connectivity index (χ1) is 26.0. The Hall–Kier alpha value is -5.73. The second-order valence-corrected chi connectivity index (χ2v) is 15.2. The standard InChI is InChI=1S/C46H46N4O4/c1-27(2)48-36(34-16-8-12-30-14-10-18-38(48)41(30)34)24-22-32-20-21-33(40(32)43-44(51)47(6)46(53)50(45(43)52)29(5)26-54-7)23-25-37-35-17-9-13-31-15-11-19-39(42(31)35)49(37)28(3)4/h8-19,22-25,27-29H,20-21,26H2,1-7H3/b32-22+,33-23+,36-24+,37-25+. The highest BCUT2D eigenvalue weighted by atomic mass is 16.5. The fourth-order valence-corrected chi connectivity index (χ4v) is 8.82. The Labute approximate surface area is 314 Å². The fraction of sp³-hybridized carbons (Fsp3) is 0.283. The minimum Gasteiger partial charge on any atom is -0.383 e. The number of amides is 4. The Morgan fingerprint density at radius 2 is 1.09 bits per heavy atom. The van der Waals surface area contributed by atoms with Crippen molar-refractivity contribution in [2.45, 2.75) is 65.6 Å². The Kier molecular flexibility index (Phi) is 8.89. The molecule has 0 spiro atoms. The van der Waals surface area contributed by atoms with Crippen molar-refractivity contribution in [3.8, 4) is 0 Å². The summed E-state index contributed by atoms with van der Waals surface area (Å²) in [7, 11) is 2.98. The van der Waals surface area contributed by atoms with E-state index in [0.717, 1.165) is 37.5 Å². The number of carbonyl (C=O) groups excluding carboxylic acids is 3. The smallest absolute Gasteiger partial charge is 0.334 e. The zero-order valence-corrected chi connectivity index (χ0v) is 32.0. The van der Waals surface area contributed by atoms with E-state index < -0.39 is 23.9 Å². The molecule has 8 nitrogen and oxygen atoms in total. The second kappa shape index (κ2) is 13.6. The third-order valence-electron chi connectivity index (χ3n) is 11.1. The lowest BCUT2D eigenvalue weighted by Crippen LogP contribution is -2.58. The molecule has 1 saturated heterocycles. The number of hydrogen-bond donors (Lipinski definition) is 0. The van der Waals surface area contributed by atoms with E-state index in [4.69, 9.17) is 4.74 Å². The van der Waals surface area contributed by atoms with Crippen molar-refractivity contribution in [1.29, 1.82) is 0 Å². The van der Waals surface area contributed by atoms with E-state index in [-0.39, 0.29) is 24.3 Å². The van der Waals surface area contributed by atoms with E-state index in [9.17, 15) is 14.4 Å². The topological polar surface area (TPSA) is 76.8 Å². The molecule has 1 aliphatic heterocycles. The van der Waals surface area contributed by atoms with Crippen molar-refractivity contribution >= 4 is 73.3 Å². The number of rotatable bonds is 7. The normalized spacial score (nSPS) is 18.8. The van der Waals surface area contributed by atoms with Gasteiger partial charge in [0, 0.05) is 69.5 Å². The van der Waals surface area contributed by atoms with Crippen molar-refractivity contribution in [2.75, 3.05) is 20.8 Å². The lowest BCUT2D eigenvalue weighted by atomic mass is 9.94. The summed E-state index contributed by atoms with van der Waals surface area (Å²) in [6, 6.07) is 24.8. The van der Waals surface area contributed by atoms with Crippen LogP contribution in [0.25, 0.3) is 55.5 Å². The van der Waals surface area contributed by atoms with Gasteiger partial charge in [0.15, 0.2) is 0 Å². The average molecular weight is 719 g/mol. The molecule has 1 unspecified atom stereocenters. The second-order valence-electron chi connectivity index (χ2n) is 15.2. The third kappa shape index (κ3) is 5.42. The molecule has 2 aromatic heterocycles. The minimum atomic E-state index is -0.647. The maximum absolute atomic E-state index is 14.5. The summed E-state index contributed by atoms with van der Waals surface area (Å²) in [6.07, 6.45) is 9.70. The van der Waals surface area contributed by atoms with Crippen molar-refractivity contribution < 1.29 is 19.1 Å². The first kappa shape index (κ1) is 35.3. The van der Waals surface area contributed by atoms with Gasteiger partial charge in [-0.2, -0.15) is 0 Å². The van der Waals surface area contributed by atoms with Gasteiger partial charge in [0.25, 0.3) is 11.8 Å². The van der Waals surface area contributed by atoms with Gasteiger partial charge in [-0.1, -0.05) is 72.8 Å². The largest absolute Gasteiger partial charge is 0.383 e. The van der Waals surface area contributed by atoms with Gasteiger partial charge < -0.3 is 13.9 Å². The highest BCUT2D eigenvalue weighted by molar-refractivity contribution is 6.30. The summed E-state index contributed by atoms with van der Waals surface area (Å²) in [6.45, 7) is 10.7. The van der Waals surface area contributed by atoms with E-state index in [0.29, 0.717) is 18.4 Å². The van der Waals surface area contributed by atoms with E-state index in [1.165, 1.54) is 51.6 Å². The van der Waals surface area contributed by atoms with Crippen LogP contribution in [0.15, 0.2) is 107 Å². The molecule has 0 bridgehead atoms. The van der Waals surface area contributed by atoms with Crippen LogP contribution in [0.1, 0.15) is 59.5 Å². The first-order valence-electron chi connectivity index (χ1n) is 18.9. The molecular weight excluding hydrogens is 673 g/mol. The lowest BCUT2D eigenvalue weighted by molar-refractivity contribution is -0.137. The highest BCUT2D eigenvalue weighted by Crippen LogP contribution is 2.40. The van der Waals surface area contributed by atoms with E-state index in [1.54, 1.807) is 6.92 Å². The molecule has 1 aliphatic carbocycles. The van der Waals surface area contributed by atoms with Gasteiger partial charge in [-0.05, 0) is 99.2 Å². The maximum atomic E-state index is 14.5. The van der Waals surface area contributed by atoms with Crippen LogP contribution in [0.5, 0.6) is 0 Å².